The first-order valence-corrected chi connectivity index (χ1v) is 3.41. The molecule has 0 unspecified atom stereocenters. The molecule has 0 saturated heterocycles. The van der Waals surface area contributed by atoms with Crippen LogP contribution in [0.25, 0.3) is 0 Å². The van der Waals surface area contributed by atoms with Crippen LogP contribution in [0.4, 0.5) is 8.78 Å². The smallest absolute Gasteiger partial charge is 0.134 e. The van der Waals surface area contributed by atoms with Crippen LogP contribution in [0.3, 0.4) is 0 Å². The number of hydrogen-bond donors (Lipinski definition) is 1. The molecule has 2 nitrogen and oxygen atoms in total. The van der Waals surface area contributed by atoms with Crippen LogP contribution < -0.4 is 10.5 Å². The van der Waals surface area contributed by atoms with E-state index in [0.29, 0.717) is 0 Å². The van der Waals surface area contributed by atoms with Gasteiger partial charge in [0.25, 0.3) is 0 Å². The van der Waals surface area contributed by atoms with Gasteiger partial charge in [-0.3, -0.25) is 0 Å². The lowest BCUT2D eigenvalue weighted by atomic mass is 10.2. The SMILES string of the molecule is COc1cc(F)c(CN)c(F)c1.Cl. The first-order valence-electron chi connectivity index (χ1n) is 3.41. The van der Waals surface area contributed by atoms with Crippen LogP contribution in [0.2, 0.25) is 0 Å². The van der Waals surface area contributed by atoms with Crippen molar-refractivity contribution in [1.29, 1.82) is 0 Å². The molecule has 0 aliphatic heterocycles. The van der Waals surface area contributed by atoms with E-state index < -0.39 is 11.6 Å². The van der Waals surface area contributed by atoms with Crippen molar-refractivity contribution in [3.8, 4) is 5.75 Å². The minimum atomic E-state index is -0.672. The fraction of sp³-hybridized carbons (Fsp3) is 0.250. The number of benzene rings is 1. The van der Waals surface area contributed by atoms with Gasteiger partial charge in [0, 0.05) is 24.2 Å². The van der Waals surface area contributed by atoms with Crippen molar-refractivity contribution in [3.05, 3.63) is 29.3 Å². The number of halogens is 3. The van der Waals surface area contributed by atoms with Crippen molar-refractivity contribution >= 4 is 12.4 Å². The standard InChI is InChI=1S/C8H9F2NO.ClH/c1-12-5-2-7(9)6(4-11)8(10)3-5;/h2-3H,4,11H2,1H3;1H. The Balaban J connectivity index is 0.00000144. The predicted molar refractivity (Wildman–Crippen MR) is 48.0 cm³/mol. The third kappa shape index (κ3) is 2.54. The Labute approximate surface area is 81.1 Å². The normalized spacial score (nSPS) is 9.23. The van der Waals surface area contributed by atoms with Crippen LogP contribution in [0.1, 0.15) is 5.56 Å². The lowest BCUT2D eigenvalue weighted by Gasteiger charge is -2.04. The highest BCUT2D eigenvalue weighted by molar-refractivity contribution is 5.85. The van der Waals surface area contributed by atoms with E-state index in [9.17, 15) is 8.78 Å². The highest BCUT2D eigenvalue weighted by atomic mass is 35.5. The van der Waals surface area contributed by atoms with Gasteiger partial charge >= 0.3 is 0 Å². The van der Waals surface area contributed by atoms with E-state index in [1.165, 1.54) is 7.11 Å². The second-order valence-electron chi connectivity index (χ2n) is 2.27. The molecule has 0 aliphatic rings. The van der Waals surface area contributed by atoms with E-state index in [-0.39, 0.29) is 30.3 Å². The van der Waals surface area contributed by atoms with Crippen molar-refractivity contribution in [3.63, 3.8) is 0 Å². The predicted octanol–water partition coefficient (Wildman–Crippen LogP) is 1.85. The van der Waals surface area contributed by atoms with Crippen molar-refractivity contribution in [2.45, 2.75) is 6.54 Å². The maximum Gasteiger partial charge on any atom is 0.134 e. The fourth-order valence-electron chi connectivity index (χ4n) is 0.893. The van der Waals surface area contributed by atoms with E-state index in [1.807, 2.05) is 0 Å². The molecule has 0 fully saturated rings. The molecule has 0 radical (unpaired) electrons. The third-order valence-electron chi connectivity index (χ3n) is 1.55. The van der Waals surface area contributed by atoms with E-state index >= 15 is 0 Å². The summed E-state index contributed by atoms with van der Waals surface area (Å²) in [6, 6.07) is 2.20. The Morgan fingerprint density at radius 1 is 1.31 bits per heavy atom. The van der Waals surface area contributed by atoms with Gasteiger partial charge in [-0.15, -0.1) is 12.4 Å². The Morgan fingerprint density at radius 2 is 1.77 bits per heavy atom. The molecule has 0 amide bonds. The van der Waals surface area contributed by atoms with Gasteiger partial charge in [-0.05, 0) is 0 Å². The van der Waals surface area contributed by atoms with Crippen LogP contribution in [-0.4, -0.2) is 7.11 Å². The van der Waals surface area contributed by atoms with Gasteiger partial charge in [-0.2, -0.15) is 0 Å². The van der Waals surface area contributed by atoms with Gasteiger partial charge in [-0.25, -0.2) is 8.78 Å². The molecule has 0 atom stereocenters. The Hall–Kier alpha value is -0.870. The van der Waals surface area contributed by atoms with Gasteiger partial charge in [0.2, 0.25) is 0 Å². The summed E-state index contributed by atoms with van der Waals surface area (Å²) in [6.07, 6.45) is 0. The van der Waals surface area contributed by atoms with Crippen molar-refractivity contribution in [2.75, 3.05) is 7.11 Å². The highest BCUT2D eigenvalue weighted by Crippen LogP contribution is 2.19. The Kier molecular flexibility index (Phi) is 4.66. The molecule has 0 bridgehead atoms. The zero-order valence-electron chi connectivity index (χ0n) is 7.01. The maximum atomic E-state index is 12.9. The molecular weight excluding hydrogens is 200 g/mol. The molecule has 0 aromatic heterocycles. The summed E-state index contributed by atoms with van der Waals surface area (Å²) in [5, 5.41) is 0. The summed E-state index contributed by atoms with van der Waals surface area (Å²) >= 11 is 0. The summed E-state index contributed by atoms with van der Waals surface area (Å²) in [5.41, 5.74) is 5.01. The summed E-state index contributed by atoms with van der Waals surface area (Å²) in [7, 11) is 1.34. The Bertz CT molecular complexity index is 270. The van der Waals surface area contributed by atoms with Gasteiger partial charge in [-0.1, -0.05) is 0 Å². The largest absolute Gasteiger partial charge is 0.497 e. The lowest BCUT2D eigenvalue weighted by molar-refractivity contribution is 0.405. The van der Waals surface area contributed by atoms with Crippen LogP contribution >= 0.6 is 12.4 Å². The van der Waals surface area contributed by atoms with Crippen molar-refractivity contribution in [1.82, 2.24) is 0 Å². The molecule has 74 valence electrons. The molecule has 0 heterocycles. The molecule has 2 N–H and O–H groups in total. The minimum Gasteiger partial charge on any atom is -0.497 e. The van der Waals surface area contributed by atoms with Crippen LogP contribution in [0.5, 0.6) is 5.75 Å². The summed E-state index contributed by atoms with van der Waals surface area (Å²) in [5.74, 6) is -1.19. The molecule has 1 rings (SSSR count). The molecular formula is C8H10ClF2NO. The van der Waals surface area contributed by atoms with Gasteiger partial charge in [0.05, 0.1) is 7.11 Å². The van der Waals surface area contributed by atoms with Gasteiger partial charge in [0.1, 0.15) is 17.4 Å². The Morgan fingerprint density at radius 3 is 2.08 bits per heavy atom. The first-order chi connectivity index (χ1) is 5.69. The van der Waals surface area contributed by atoms with Crippen LogP contribution in [0.15, 0.2) is 12.1 Å². The molecule has 0 spiro atoms. The number of methoxy groups -OCH3 is 1. The number of hydrogen-bond acceptors (Lipinski definition) is 2. The van der Waals surface area contributed by atoms with Crippen molar-refractivity contribution in [2.24, 2.45) is 5.73 Å². The second-order valence-corrected chi connectivity index (χ2v) is 2.27. The lowest BCUT2D eigenvalue weighted by Crippen LogP contribution is -2.03. The average molecular weight is 210 g/mol. The third-order valence-corrected chi connectivity index (χ3v) is 1.55. The summed E-state index contributed by atoms with van der Waals surface area (Å²) < 4.78 is 30.5. The van der Waals surface area contributed by atoms with Crippen LogP contribution in [0, 0.1) is 11.6 Å². The molecule has 1 aromatic rings. The topological polar surface area (TPSA) is 35.2 Å². The van der Waals surface area contributed by atoms with Gasteiger partial charge < -0.3 is 10.5 Å². The molecule has 0 saturated carbocycles. The van der Waals surface area contributed by atoms with E-state index in [4.69, 9.17) is 5.73 Å². The first kappa shape index (κ1) is 12.1. The van der Waals surface area contributed by atoms with Crippen molar-refractivity contribution < 1.29 is 13.5 Å². The molecule has 5 heteroatoms. The number of nitrogens with two attached hydrogens (primary N) is 1. The van der Waals surface area contributed by atoms with E-state index in [0.717, 1.165) is 12.1 Å². The minimum absolute atomic E-state index is 0. The van der Waals surface area contributed by atoms with E-state index in [2.05, 4.69) is 4.74 Å². The van der Waals surface area contributed by atoms with E-state index in [1.54, 1.807) is 0 Å². The quantitative estimate of drug-likeness (QED) is 0.807. The molecule has 1 aromatic carbocycles. The maximum absolute atomic E-state index is 12.9. The monoisotopic (exact) mass is 209 g/mol. The van der Waals surface area contributed by atoms with Gasteiger partial charge in [0.15, 0.2) is 0 Å². The molecule has 13 heavy (non-hydrogen) atoms. The summed E-state index contributed by atoms with van der Waals surface area (Å²) in [4.78, 5) is 0. The van der Waals surface area contributed by atoms with Crippen LogP contribution in [-0.2, 0) is 6.54 Å². The molecule has 0 aliphatic carbocycles. The average Bonchev–Trinajstić information content (AvgIpc) is 2.03. The summed E-state index contributed by atoms with van der Waals surface area (Å²) in [6.45, 7) is -0.151. The number of ether oxygens (including phenoxy) is 1. The highest BCUT2D eigenvalue weighted by Gasteiger charge is 2.09. The number of rotatable bonds is 2. The fourth-order valence-corrected chi connectivity index (χ4v) is 0.893. The zero-order chi connectivity index (χ0) is 9.14. The second kappa shape index (κ2) is 4.99. The zero-order valence-corrected chi connectivity index (χ0v) is 7.83.